The number of hydrogen-bond acceptors (Lipinski definition) is 3. The number of carboxylic acids is 1. The van der Waals surface area contributed by atoms with Gasteiger partial charge in [-0.15, -0.1) is 5.10 Å². The van der Waals surface area contributed by atoms with Gasteiger partial charge < -0.3 is 5.11 Å². The number of aliphatic carboxylic acids is 1. The van der Waals surface area contributed by atoms with Crippen LogP contribution in [0.2, 0.25) is 10.0 Å². The molecular weight excluding hydrogens is 289 g/mol. The Balaban J connectivity index is 2.07. The zero-order chi connectivity index (χ0) is 13.8. The molecule has 0 bridgehead atoms. The highest BCUT2D eigenvalue weighted by Gasteiger charge is 2.08. The van der Waals surface area contributed by atoms with Crippen LogP contribution in [-0.4, -0.2) is 26.1 Å². The topological polar surface area (TPSA) is 68.0 Å². The van der Waals surface area contributed by atoms with E-state index in [1.807, 2.05) is 12.1 Å². The standard InChI is InChI=1S/C12H11Cl2N3O2/c13-10-3-1-2-8(12(10)14)6-17-7-9(15-16-17)4-5-11(18)19/h1-3,7H,4-6H2,(H,18,19). The number of hydrogen-bond donors (Lipinski definition) is 1. The molecule has 5 nitrogen and oxygen atoms in total. The molecule has 100 valence electrons. The summed E-state index contributed by atoms with van der Waals surface area (Å²) in [6.07, 6.45) is 2.11. The van der Waals surface area contributed by atoms with Crippen molar-refractivity contribution < 1.29 is 9.90 Å². The molecule has 0 aliphatic rings. The SMILES string of the molecule is O=C(O)CCc1cn(Cc2cccc(Cl)c2Cl)nn1. The first-order valence-corrected chi connectivity index (χ1v) is 6.35. The molecule has 0 fully saturated rings. The number of aryl methyl sites for hydroxylation is 1. The Labute approximate surface area is 119 Å². The number of nitrogens with zero attached hydrogens (tertiary/aromatic N) is 3. The average Bonchev–Trinajstić information content (AvgIpc) is 2.80. The van der Waals surface area contributed by atoms with Gasteiger partial charge in [-0.05, 0) is 11.6 Å². The maximum absolute atomic E-state index is 10.5. The Bertz CT molecular complexity index is 598. The molecule has 0 radical (unpaired) electrons. The van der Waals surface area contributed by atoms with Crippen molar-refractivity contribution in [3.8, 4) is 0 Å². The lowest BCUT2D eigenvalue weighted by molar-refractivity contribution is -0.136. The molecule has 0 saturated carbocycles. The van der Waals surface area contributed by atoms with Crippen molar-refractivity contribution in [2.24, 2.45) is 0 Å². The predicted molar refractivity (Wildman–Crippen MR) is 71.5 cm³/mol. The zero-order valence-corrected chi connectivity index (χ0v) is 11.4. The zero-order valence-electron chi connectivity index (χ0n) is 9.88. The fraction of sp³-hybridized carbons (Fsp3) is 0.250. The highest BCUT2D eigenvalue weighted by Crippen LogP contribution is 2.25. The minimum atomic E-state index is -0.854. The van der Waals surface area contributed by atoms with Gasteiger partial charge in [0.1, 0.15) is 0 Å². The molecule has 0 amide bonds. The van der Waals surface area contributed by atoms with Crippen LogP contribution >= 0.6 is 23.2 Å². The third-order valence-electron chi connectivity index (χ3n) is 2.55. The summed E-state index contributed by atoms with van der Waals surface area (Å²) in [5.41, 5.74) is 1.48. The van der Waals surface area contributed by atoms with Crippen LogP contribution in [0.3, 0.4) is 0 Å². The van der Waals surface area contributed by atoms with Crippen LogP contribution in [0.25, 0.3) is 0 Å². The third kappa shape index (κ3) is 3.68. The van der Waals surface area contributed by atoms with Crippen molar-refractivity contribution in [2.45, 2.75) is 19.4 Å². The van der Waals surface area contributed by atoms with E-state index in [9.17, 15) is 4.79 Å². The minimum absolute atomic E-state index is 0.0383. The number of carboxylic acid groups (broad SMARTS) is 1. The van der Waals surface area contributed by atoms with E-state index in [-0.39, 0.29) is 6.42 Å². The average molecular weight is 300 g/mol. The van der Waals surface area contributed by atoms with Crippen molar-refractivity contribution in [3.05, 3.63) is 45.7 Å². The van der Waals surface area contributed by atoms with E-state index in [1.54, 1.807) is 16.9 Å². The molecule has 1 heterocycles. The molecule has 1 aromatic carbocycles. The van der Waals surface area contributed by atoms with E-state index in [0.29, 0.717) is 28.7 Å². The second-order valence-electron chi connectivity index (χ2n) is 4.01. The fourth-order valence-electron chi connectivity index (χ4n) is 1.61. The summed E-state index contributed by atoms with van der Waals surface area (Å²) in [7, 11) is 0. The first kappa shape index (κ1) is 13.8. The lowest BCUT2D eigenvalue weighted by Gasteiger charge is -2.04. The molecule has 0 saturated heterocycles. The van der Waals surface area contributed by atoms with Crippen LogP contribution in [0.15, 0.2) is 24.4 Å². The first-order valence-electron chi connectivity index (χ1n) is 5.60. The Morgan fingerprint density at radius 3 is 2.89 bits per heavy atom. The summed E-state index contributed by atoms with van der Waals surface area (Å²) in [6.45, 7) is 0.444. The maximum atomic E-state index is 10.5. The third-order valence-corrected chi connectivity index (χ3v) is 3.40. The van der Waals surface area contributed by atoms with Gasteiger partial charge in [-0.2, -0.15) is 0 Å². The van der Waals surface area contributed by atoms with E-state index in [4.69, 9.17) is 28.3 Å². The quantitative estimate of drug-likeness (QED) is 0.921. The van der Waals surface area contributed by atoms with Crippen LogP contribution in [0.5, 0.6) is 0 Å². The monoisotopic (exact) mass is 299 g/mol. The van der Waals surface area contributed by atoms with E-state index in [1.165, 1.54) is 0 Å². The Hall–Kier alpha value is -1.59. The maximum Gasteiger partial charge on any atom is 0.303 e. The van der Waals surface area contributed by atoms with E-state index < -0.39 is 5.97 Å². The summed E-state index contributed by atoms with van der Waals surface area (Å²) in [6, 6.07) is 5.38. The number of benzene rings is 1. The number of rotatable bonds is 5. The minimum Gasteiger partial charge on any atom is -0.481 e. The van der Waals surface area contributed by atoms with Crippen molar-refractivity contribution >= 4 is 29.2 Å². The van der Waals surface area contributed by atoms with Gasteiger partial charge in [-0.1, -0.05) is 40.5 Å². The van der Waals surface area contributed by atoms with Crippen LogP contribution in [0.4, 0.5) is 0 Å². The molecule has 0 spiro atoms. The highest BCUT2D eigenvalue weighted by molar-refractivity contribution is 6.42. The predicted octanol–water partition coefficient (Wildman–Crippen LogP) is 2.65. The molecule has 1 N–H and O–H groups in total. The van der Waals surface area contributed by atoms with Crippen LogP contribution in [-0.2, 0) is 17.8 Å². The van der Waals surface area contributed by atoms with Gasteiger partial charge in [0.05, 0.1) is 28.7 Å². The van der Waals surface area contributed by atoms with Gasteiger partial charge in [0, 0.05) is 12.6 Å². The number of halogens is 2. The largest absolute Gasteiger partial charge is 0.481 e. The molecule has 2 rings (SSSR count). The van der Waals surface area contributed by atoms with E-state index in [0.717, 1.165) is 5.56 Å². The first-order chi connectivity index (χ1) is 9.06. The van der Waals surface area contributed by atoms with Crippen molar-refractivity contribution in [1.82, 2.24) is 15.0 Å². The summed E-state index contributed by atoms with van der Waals surface area (Å²) < 4.78 is 1.61. The lowest BCUT2D eigenvalue weighted by Crippen LogP contribution is -2.01. The molecule has 0 aliphatic heterocycles. The molecule has 2 aromatic rings. The lowest BCUT2D eigenvalue weighted by atomic mass is 10.2. The van der Waals surface area contributed by atoms with Gasteiger partial charge in [0.2, 0.25) is 0 Å². The normalized spacial score (nSPS) is 10.6. The number of carbonyl (C=O) groups is 1. The fourth-order valence-corrected chi connectivity index (χ4v) is 1.99. The van der Waals surface area contributed by atoms with Gasteiger partial charge in [0.25, 0.3) is 0 Å². The van der Waals surface area contributed by atoms with Gasteiger partial charge in [0.15, 0.2) is 0 Å². The van der Waals surface area contributed by atoms with Crippen molar-refractivity contribution in [3.63, 3.8) is 0 Å². The Morgan fingerprint density at radius 1 is 1.37 bits per heavy atom. The summed E-state index contributed by atoms with van der Waals surface area (Å²) in [5.74, 6) is -0.854. The molecule has 0 aliphatic carbocycles. The van der Waals surface area contributed by atoms with Crippen LogP contribution in [0.1, 0.15) is 17.7 Å². The molecular formula is C12H11Cl2N3O2. The van der Waals surface area contributed by atoms with Gasteiger partial charge >= 0.3 is 5.97 Å². The second kappa shape index (κ2) is 6.04. The molecule has 19 heavy (non-hydrogen) atoms. The van der Waals surface area contributed by atoms with Crippen molar-refractivity contribution in [1.29, 1.82) is 0 Å². The summed E-state index contributed by atoms with van der Waals surface area (Å²) in [5, 5.41) is 17.4. The Morgan fingerprint density at radius 2 is 2.16 bits per heavy atom. The summed E-state index contributed by atoms with van der Waals surface area (Å²) >= 11 is 12.0. The van der Waals surface area contributed by atoms with Gasteiger partial charge in [-0.25, -0.2) is 4.68 Å². The molecule has 7 heteroatoms. The van der Waals surface area contributed by atoms with Crippen LogP contribution in [0, 0.1) is 0 Å². The second-order valence-corrected chi connectivity index (χ2v) is 4.80. The number of aromatic nitrogens is 3. The van der Waals surface area contributed by atoms with Gasteiger partial charge in [-0.3, -0.25) is 4.79 Å². The van der Waals surface area contributed by atoms with Crippen molar-refractivity contribution in [2.75, 3.05) is 0 Å². The molecule has 0 atom stereocenters. The molecule has 0 unspecified atom stereocenters. The summed E-state index contributed by atoms with van der Waals surface area (Å²) in [4.78, 5) is 10.5. The van der Waals surface area contributed by atoms with E-state index >= 15 is 0 Å². The van der Waals surface area contributed by atoms with Crippen LogP contribution < -0.4 is 0 Å². The highest BCUT2D eigenvalue weighted by atomic mass is 35.5. The Kier molecular flexibility index (Phi) is 4.39. The van der Waals surface area contributed by atoms with E-state index in [2.05, 4.69) is 10.3 Å². The molecule has 1 aromatic heterocycles. The smallest absolute Gasteiger partial charge is 0.303 e.